The highest BCUT2D eigenvalue weighted by molar-refractivity contribution is 6.28. The molecule has 12 aromatic rings. The molecule has 0 aromatic heterocycles. The van der Waals surface area contributed by atoms with Crippen molar-refractivity contribution in [3.05, 3.63) is 263 Å². The van der Waals surface area contributed by atoms with Crippen LogP contribution in [0.15, 0.2) is 218 Å². The molecule has 0 saturated carbocycles. The Bertz CT molecular complexity index is 3780. The Kier molecular flexibility index (Phi) is 11.6. The zero-order chi connectivity index (χ0) is 50.8. The summed E-state index contributed by atoms with van der Waals surface area (Å²) in [5, 5.41) is 6.11. The Balaban J connectivity index is 1.12. The minimum absolute atomic E-state index is 0.333. The number of aryl methyl sites for hydroxylation is 6. The van der Waals surface area contributed by atoms with Crippen LogP contribution < -0.4 is 9.80 Å². The lowest BCUT2D eigenvalue weighted by molar-refractivity contribution is 0.629. The van der Waals surface area contributed by atoms with Gasteiger partial charge in [-0.3, -0.25) is 0 Å². The van der Waals surface area contributed by atoms with Crippen LogP contribution in [-0.4, -0.2) is 0 Å². The van der Waals surface area contributed by atoms with Gasteiger partial charge in [0, 0.05) is 33.3 Å². The summed E-state index contributed by atoms with van der Waals surface area (Å²) in [6.07, 6.45) is 0. The number of hydrogen-bond donors (Lipinski definition) is 0. The smallest absolute Gasteiger partial charge is 0.148 e. The van der Waals surface area contributed by atoms with Gasteiger partial charge < -0.3 is 9.80 Å². The molecule has 0 fully saturated rings. The maximum absolute atomic E-state index is 17.9. The van der Waals surface area contributed by atoms with E-state index in [0.717, 1.165) is 133 Å². The fraction of sp³-hybridized carbons (Fsp3) is 0.0857. The highest BCUT2D eigenvalue weighted by Gasteiger charge is 2.28. The van der Waals surface area contributed by atoms with E-state index < -0.39 is 0 Å². The Morgan fingerprint density at radius 1 is 0.270 bits per heavy atom. The molecule has 0 N–H and O–H groups in total. The van der Waals surface area contributed by atoms with Crippen molar-refractivity contribution in [2.45, 2.75) is 41.5 Å². The first-order valence-corrected chi connectivity index (χ1v) is 25.3. The minimum Gasteiger partial charge on any atom is -0.307 e. The lowest BCUT2D eigenvalue weighted by Crippen LogP contribution is -2.15. The van der Waals surface area contributed by atoms with E-state index in [1.807, 2.05) is 0 Å². The molecule has 0 aliphatic heterocycles. The van der Waals surface area contributed by atoms with Gasteiger partial charge in [-0.1, -0.05) is 191 Å². The Labute approximate surface area is 432 Å². The van der Waals surface area contributed by atoms with Crippen molar-refractivity contribution >= 4 is 66.4 Å². The van der Waals surface area contributed by atoms with Crippen LogP contribution in [0, 0.1) is 53.2 Å². The highest BCUT2D eigenvalue weighted by Crippen LogP contribution is 2.52. The van der Waals surface area contributed by atoms with Gasteiger partial charge in [0.05, 0.1) is 22.7 Å². The zero-order valence-corrected chi connectivity index (χ0v) is 42.4. The van der Waals surface area contributed by atoms with Crippen LogP contribution in [0.4, 0.5) is 42.9 Å². The standard InChI is InChI=1S/C70H54F2N2/c1-43-7-19-49(20-8-43)55-39-61(51-23-11-45(3)12-24-51)69(63(71)41-55)73(57-31-15-47(5)16-32-57)65-37-29-53-28-36-60-66(38-30-54-27-35-59(65)67(53)68(54)60)74(58-33-17-48(6)18-34-58)70-62(52-25-13-46(4)14-26-52)40-56(42-64(70)72)50-21-9-44(2)10-22-50/h7-42H,1-6H3. The molecule has 0 bridgehead atoms. The van der Waals surface area contributed by atoms with Gasteiger partial charge in [-0.2, -0.15) is 0 Å². The number of halogens is 2. The fourth-order valence-electron chi connectivity index (χ4n) is 10.7. The third-order valence-corrected chi connectivity index (χ3v) is 14.8. The first-order chi connectivity index (χ1) is 35.9. The summed E-state index contributed by atoms with van der Waals surface area (Å²) in [6, 6.07) is 74.9. The van der Waals surface area contributed by atoms with E-state index in [-0.39, 0.29) is 11.6 Å². The summed E-state index contributed by atoms with van der Waals surface area (Å²) in [4.78, 5) is 4.21. The quantitative estimate of drug-likeness (QED) is 0.126. The average molecular weight is 961 g/mol. The summed E-state index contributed by atoms with van der Waals surface area (Å²) < 4.78 is 35.8. The van der Waals surface area contributed by atoms with Gasteiger partial charge in [0.2, 0.25) is 0 Å². The lowest BCUT2D eigenvalue weighted by Gasteiger charge is -2.32. The topological polar surface area (TPSA) is 6.48 Å². The average Bonchev–Trinajstić information content (AvgIpc) is 3.42. The van der Waals surface area contributed by atoms with E-state index >= 15 is 8.78 Å². The van der Waals surface area contributed by atoms with Crippen LogP contribution in [0.3, 0.4) is 0 Å². The third-order valence-electron chi connectivity index (χ3n) is 14.8. The van der Waals surface area contributed by atoms with E-state index in [2.05, 4.69) is 258 Å². The second-order valence-corrected chi connectivity index (χ2v) is 20.1. The first-order valence-electron chi connectivity index (χ1n) is 25.3. The second kappa shape index (κ2) is 18.6. The van der Waals surface area contributed by atoms with Crippen LogP contribution in [0.25, 0.3) is 76.8 Å². The van der Waals surface area contributed by atoms with Crippen molar-refractivity contribution in [1.29, 1.82) is 0 Å². The van der Waals surface area contributed by atoms with Crippen LogP contribution in [0.1, 0.15) is 33.4 Å². The van der Waals surface area contributed by atoms with E-state index in [9.17, 15) is 0 Å². The third kappa shape index (κ3) is 8.32. The Morgan fingerprint density at radius 3 is 0.878 bits per heavy atom. The molecule has 12 aromatic carbocycles. The number of anilines is 6. The van der Waals surface area contributed by atoms with Crippen molar-refractivity contribution in [2.75, 3.05) is 9.80 Å². The zero-order valence-electron chi connectivity index (χ0n) is 42.4. The van der Waals surface area contributed by atoms with Crippen molar-refractivity contribution < 1.29 is 8.78 Å². The SMILES string of the molecule is Cc1ccc(-c2cc(F)c(N(c3ccc(C)cc3)c3ccc4ccc5c(N(c6ccc(C)cc6)c6c(F)cc(-c7ccc(C)cc7)cc6-c6ccc(C)cc6)ccc6ccc3c4c65)c(-c3ccc(C)cc3)c2)cc1. The second-order valence-electron chi connectivity index (χ2n) is 20.1. The first kappa shape index (κ1) is 46.2. The molecule has 0 aliphatic rings. The van der Waals surface area contributed by atoms with E-state index in [1.54, 1.807) is 12.1 Å². The van der Waals surface area contributed by atoms with Crippen LogP contribution >= 0.6 is 0 Å². The molecular formula is C70H54F2N2. The Morgan fingerprint density at radius 2 is 0.554 bits per heavy atom. The summed E-state index contributed by atoms with van der Waals surface area (Å²) in [5.41, 5.74) is 17.9. The van der Waals surface area contributed by atoms with Crippen LogP contribution in [0.5, 0.6) is 0 Å². The van der Waals surface area contributed by atoms with Gasteiger partial charge in [0.1, 0.15) is 11.6 Å². The van der Waals surface area contributed by atoms with Gasteiger partial charge in [0.15, 0.2) is 0 Å². The molecule has 358 valence electrons. The normalized spacial score (nSPS) is 11.5. The van der Waals surface area contributed by atoms with Gasteiger partial charge in [-0.05, 0) is 157 Å². The van der Waals surface area contributed by atoms with Gasteiger partial charge >= 0.3 is 0 Å². The molecule has 0 unspecified atom stereocenters. The number of rotatable bonds is 10. The van der Waals surface area contributed by atoms with Crippen molar-refractivity contribution in [3.63, 3.8) is 0 Å². The van der Waals surface area contributed by atoms with E-state index in [4.69, 9.17) is 0 Å². The summed E-state index contributed by atoms with van der Waals surface area (Å²) in [7, 11) is 0. The highest BCUT2D eigenvalue weighted by atomic mass is 19.1. The maximum Gasteiger partial charge on any atom is 0.148 e. The molecule has 0 aliphatic carbocycles. The number of hydrogen-bond acceptors (Lipinski definition) is 2. The predicted octanol–water partition coefficient (Wildman–Crippen LogP) is 20.3. The molecule has 2 nitrogen and oxygen atoms in total. The molecule has 0 spiro atoms. The van der Waals surface area contributed by atoms with E-state index in [1.165, 1.54) is 0 Å². The molecular weight excluding hydrogens is 907 g/mol. The van der Waals surface area contributed by atoms with Gasteiger partial charge in [-0.15, -0.1) is 0 Å². The largest absolute Gasteiger partial charge is 0.307 e. The molecule has 0 heterocycles. The molecule has 0 radical (unpaired) electrons. The molecule has 0 amide bonds. The van der Waals surface area contributed by atoms with Crippen LogP contribution in [0.2, 0.25) is 0 Å². The minimum atomic E-state index is -0.333. The van der Waals surface area contributed by atoms with E-state index in [0.29, 0.717) is 11.4 Å². The molecule has 12 rings (SSSR count). The monoisotopic (exact) mass is 960 g/mol. The molecule has 4 heteroatoms. The van der Waals surface area contributed by atoms with Crippen LogP contribution in [-0.2, 0) is 0 Å². The maximum atomic E-state index is 17.9. The molecule has 0 atom stereocenters. The number of nitrogens with zero attached hydrogens (tertiary/aromatic N) is 2. The summed E-state index contributed by atoms with van der Waals surface area (Å²) in [6.45, 7) is 12.4. The molecule has 0 saturated heterocycles. The molecule has 74 heavy (non-hydrogen) atoms. The van der Waals surface area contributed by atoms with Gasteiger partial charge in [-0.25, -0.2) is 8.78 Å². The number of benzene rings is 12. The van der Waals surface area contributed by atoms with Crippen molar-refractivity contribution in [3.8, 4) is 44.5 Å². The predicted molar refractivity (Wildman–Crippen MR) is 310 cm³/mol. The fourth-order valence-corrected chi connectivity index (χ4v) is 10.7. The van der Waals surface area contributed by atoms with Crippen molar-refractivity contribution in [2.24, 2.45) is 0 Å². The lowest BCUT2D eigenvalue weighted by atomic mass is 9.90. The van der Waals surface area contributed by atoms with Crippen molar-refractivity contribution in [1.82, 2.24) is 0 Å². The van der Waals surface area contributed by atoms with Gasteiger partial charge in [0.25, 0.3) is 0 Å². The Hall–Kier alpha value is -8.86. The summed E-state index contributed by atoms with van der Waals surface area (Å²) in [5.74, 6) is -0.665. The summed E-state index contributed by atoms with van der Waals surface area (Å²) >= 11 is 0.